The van der Waals surface area contributed by atoms with Gasteiger partial charge < -0.3 is 15.1 Å². The molecule has 3 rings (SSSR count). The number of aromatic nitrogens is 1. The number of furan rings is 1. The molecule has 2 N–H and O–H groups in total. The van der Waals surface area contributed by atoms with Crippen LogP contribution in [-0.2, 0) is 6.54 Å². The van der Waals surface area contributed by atoms with Gasteiger partial charge in [-0.15, -0.1) is 11.3 Å². The van der Waals surface area contributed by atoms with Crippen LogP contribution in [-0.4, -0.2) is 12.0 Å². The fourth-order valence-corrected chi connectivity index (χ4v) is 3.20. The number of thiazole rings is 1. The average Bonchev–Trinajstić information content (AvgIpc) is 2.93. The van der Waals surface area contributed by atoms with Crippen LogP contribution in [0.25, 0.3) is 10.2 Å². The highest BCUT2D eigenvalue weighted by atomic mass is 32.1. The third-order valence-corrected chi connectivity index (χ3v) is 4.36. The number of hydrogen-bond donors (Lipinski definition) is 1. The van der Waals surface area contributed by atoms with Crippen molar-refractivity contribution in [2.45, 2.75) is 20.4 Å². The molecule has 0 spiro atoms. The lowest BCUT2D eigenvalue weighted by atomic mass is 10.2. The molecule has 104 valence electrons. The quantitative estimate of drug-likeness (QED) is 0.746. The van der Waals surface area contributed by atoms with Crippen molar-refractivity contribution >= 4 is 32.9 Å². The lowest BCUT2D eigenvalue weighted by molar-refractivity contribution is 0.529. The number of rotatable bonds is 3. The summed E-state index contributed by atoms with van der Waals surface area (Å²) < 4.78 is 6.47. The highest BCUT2D eigenvalue weighted by molar-refractivity contribution is 7.18. The van der Waals surface area contributed by atoms with E-state index in [0.29, 0.717) is 0 Å². The van der Waals surface area contributed by atoms with E-state index in [1.807, 2.05) is 33.0 Å². The molecule has 0 saturated heterocycles. The van der Waals surface area contributed by atoms with E-state index in [-0.39, 0.29) is 0 Å². The minimum absolute atomic E-state index is 0.765. The summed E-state index contributed by atoms with van der Waals surface area (Å²) in [7, 11) is 2.03. The highest BCUT2D eigenvalue weighted by Crippen LogP contribution is 2.32. The second-order valence-electron chi connectivity index (χ2n) is 4.97. The summed E-state index contributed by atoms with van der Waals surface area (Å²) in [5, 5.41) is 1.06. The Balaban J connectivity index is 1.96. The standard InChI is InChI=1S/C15H17N3OS/c1-9-11(4-5-19-9)8-18(3)14-7-13-15(6-12(14)16)20-10(2)17-13/h4-7H,8,16H2,1-3H3. The van der Waals surface area contributed by atoms with Crippen molar-refractivity contribution in [3.8, 4) is 0 Å². The first kappa shape index (κ1) is 13.0. The molecule has 0 fully saturated rings. The van der Waals surface area contributed by atoms with Gasteiger partial charge in [0.15, 0.2) is 0 Å². The summed E-state index contributed by atoms with van der Waals surface area (Å²) in [6, 6.07) is 6.06. The Morgan fingerprint density at radius 1 is 1.35 bits per heavy atom. The third kappa shape index (κ3) is 2.25. The van der Waals surface area contributed by atoms with Gasteiger partial charge in [0.1, 0.15) is 5.76 Å². The predicted octanol–water partition coefficient (Wildman–Crippen LogP) is 3.72. The molecule has 0 atom stereocenters. The molecular formula is C15H17N3OS. The van der Waals surface area contributed by atoms with E-state index >= 15 is 0 Å². The molecule has 0 aliphatic carbocycles. The van der Waals surface area contributed by atoms with Gasteiger partial charge in [-0.3, -0.25) is 0 Å². The van der Waals surface area contributed by atoms with Gasteiger partial charge in [-0.2, -0.15) is 0 Å². The zero-order valence-corrected chi connectivity index (χ0v) is 12.6. The fourth-order valence-electron chi connectivity index (χ4n) is 2.34. The molecule has 0 unspecified atom stereocenters. The van der Waals surface area contributed by atoms with Crippen molar-refractivity contribution in [3.05, 3.63) is 40.8 Å². The molecule has 2 aromatic heterocycles. The molecule has 3 aromatic rings. The molecule has 1 aromatic carbocycles. The number of fused-ring (bicyclic) bond motifs is 1. The maximum Gasteiger partial charge on any atom is 0.105 e. The minimum atomic E-state index is 0.765. The summed E-state index contributed by atoms with van der Waals surface area (Å²) in [5.41, 5.74) is 10.1. The summed E-state index contributed by atoms with van der Waals surface area (Å²) >= 11 is 1.67. The van der Waals surface area contributed by atoms with Crippen molar-refractivity contribution in [3.63, 3.8) is 0 Å². The van der Waals surface area contributed by atoms with Crippen molar-refractivity contribution < 1.29 is 4.42 Å². The Bertz CT molecular complexity index is 760. The molecule has 0 saturated carbocycles. The van der Waals surface area contributed by atoms with Crippen LogP contribution in [0.1, 0.15) is 16.3 Å². The van der Waals surface area contributed by atoms with E-state index in [9.17, 15) is 0 Å². The van der Waals surface area contributed by atoms with Crippen molar-refractivity contribution in [1.82, 2.24) is 4.98 Å². The number of nitrogens with zero attached hydrogens (tertiary/aromatic N) is 2. The monoisotopic (exact) mass is 287 g/mol. The van der Waals surface area contributed by atoms with Crippen LogP contribution in [0, 0.1) is 13.8 Å². The van der Waals surface area contributed by atoms with Crippen molar-refractivity contribution in [1.29, 1.82) is 0 Å². The summed E-state index contributed by atoms with van der Waals surface area (Å²) in [4.78, 5) is 6.66. The second-order valence-corrected chi connectivity index (χ2v) is 6.20. The van der Waals surface area contributed by atoms with E-state index in [1.54, 1.807) is 17.6 Å². The van der Waals surface area contributed by atoms with E-state index in [1.165, 1.54) is 5.56 Å². The number of nitrogens with two attached hydrogens (primary N) is 1. The highest BCUT2D eigenvalue weighted by Gasteiger charge is 2.12. The normalized spacial score (nSPS) is 11.2. The number of benzene rings is 1. The Labute approximate surface area is 121 Å². The lowest BCUT2D eigenvalue weighted by Crippen LogP contribution is -2.17. The number of aryl methyl sites for hydroxylation is 2. The average molecular weight is 287 g/mol. The summed E-state index contributed by atoms with van der Waals surface area (Å²) in [6.45, 7) is 4.75. The molecule has 0 amide bonds. The zero-order valence-electron chi connectivity index (χ0n) is 11.8. The first-order valence-electron chi connectivity index (χ1n) is 6.45. The minimum Gasteiger partial charge on any atom is -0.469 e. The predicted molar refractivity (Wildman–Crippen MR) is 84.3 cm³/mol. The van der Waals surface area contributed by atoms with E-state index in [4.69, 9.17) is 10.2 Å². The van der Waals surface area contributed by atoms with Crippen LogP contribution < -0.4 is 10.6 Å². The largest absolute Gasteiger partial charge is 0.469 e. The molecular weight excluding hydrogens is 270 g/mol. The van der Waals surface area contributed by atoms with E-state index < -0.39 is 0 Å². The maximum absolute atomic E-state index is 6.18. The number of anilines is 2. The van der Waals surface area contributed by atoms with Crippen LogP contribution >= 0.6 is 11.3 Å². The molecule has 0 aliphatic rings. The van der Waals surface area contributed by atoms with Gasteiger partial charge in [-0.25, -0.2) is 4.98 Å². The maximum atomic E-state index is 6.18. The van der Waals surface area contributed by atoms with E-state index in [0.717, 1.165) is 38.9 Å². The molecule has 0 bridgehead atoms. The van der Waals surface area contributed by atoms with Crippen LogP contribution in [0.2, 0.25) is 0 Å². The van der Waals surface area contributed by atoms with Crippen molar-refractivity contribution in [2.24, 2.45) is 0 Å². The van der Waals surface area contributed by atoms with Gasteiger partial charge in [0.05, 0.1) is 32.9 Å². The van der Waals surface area contributed by atoms with E-state index in [2.05, 4.69) is 16.0 Å². The van der Waals surface area contributed by atoms with Crippen LogP contribution in [0.15, 0.2) is 28.9 Å². The Morgan fingerprint density at radius 3 is 2.85 bits per heavy atom. The molecule has 0 radical (unpaired) electrons. The van der Waals surface area contributed by atoms with Gasteiger partial charge in [0.2, 0.25) is 0 Å². The Morgan fingerprint density at radius 2 is 2.15 bits per heavy atom. The van der Waals surface area contributed by atoms with Gasteiger partial charge in [-0.1, -0.05) is 0 Å². The molecule has 2 heterocycles. The zero-order chi connectivity index (χ0) is 14.3. The SMILES string of the molecule is Cc1nc2cc(N(C)Cc3ccoc3C)c(N)cc2s1. The van der Waals surface area contributed by atoms with Gasteiger partial charge in [0, 0.05) is 19.2 Å². The van der Waals surface area contributed by atoms with Crippen molar-refractivity contribution in [2.75, 3.05) is 17.7 Å². The summed E-state index contributed by atoms with van der Waals surface area (Å²) in [6.07, 6.45) is 1.72. The van der Waals surface area contributed by atoms with Crippen LogP contribution in [0.3, 0.4) is 0 Å². The molecule has 20 heavy (non-hydrogen) atoms. The second kappa shape index (κ2) is 4.83. The Kier molecular flexibility index (Phi) is 3.14. The fraction of sp³-hybridized carbons (Fsp3) is 0.267. The van der Waals surface area contributed by atoms with Crippen LogP contribution in [0.5, 0.6) is 0 Å². The Hall–Kier alpha value is -2.01. The smallest absolute Gasteiger partial charge is 0.105 e. The molecule has 4 nitrogen and oxygen atoms in total. The first-order chi connectivity index (χ1) is 9.54. The number of nitrogen functional groups attached to an aromatic ring is 1. The topological polar surface area (TPSA) is 55.3 Å². The first-order valence-corrected chi connectivity index (χ1v) is 7.27. The van der Waals surface area contributed by atoms with Gasteiger partial charge in [0.25, 0.3) is 0 Å². The molecule has 0 aliphatic heterocycles. The number of hydrogen-bond acceptors (Lipinski definition) is 5. The summed E-state index contributed by atoms with van der Waals surface area (Å²) in [5.74, 6) is 0.945. The van der Waals surface area contributed by atoms with Crippen LogP contribution in [0.4, 0.5) is 11.4 Å². The van der Waals surface area contributed by atoms with Gasteiger partial charge in [-0.05, 0) is 32.0 Å². The van der Waals surface area contributed by atoms with Gasteiger partial charge >= 0.3 is 0 Å². The molecule has 5 heteroatoms. The third-order valence-electron chi connectivity index (χ3n) is 3.43. The lowest BCUT2D eigenvalue weighted by Gasteiger charge is -2.20.